The molecule has 5 rings (SSSR count). The zero-order valence-electron chi connectivity index (χ0n) is 41.4. The van der Waals surface area contributed by atoms with Gasteiger partial charge in [-0.05, 0) is 65.8 Å². The number of aliphatic hydroxyl groups is 2. The molecule has 2 aromatic rings. The first kappa shape index (κ1) is 53.4. The molecule has 0 saturated carbocycles. The fourth-order valence-electron chi connectivity index (χ4n) is 9.83. The number of aliphatic hydroxyl groups excluding tert-OH is 2. The second-order valence-electron chi connectivity index (χ2n) is 20.3. The Morgan fingerprint density at radius 2 is 1.72 bits per heavy atom. The maximum atomic E-state index is 14.7. The van der Waals surface area contributed by atoms with E-state index in [1.54, 1.807) is 90.6 Å². The summed E-state index contributed by atoms with van der Waals surface area (Å²) in [4.78, 5) is 70.8. The molecule has 18 nitrogen and oxygen atoms in total. The second kappa shape index (κ2) is 22.2. The Balaban J connectivity index is 1.60. The van der Waals surface area contributed by atoms with E-state index in [1.807, 2.05) is 53.6 Å². The van der Waals surface area contributed by atoms with Crippen LogP contribution >= 0.6 is 0 Å². The van der Waals surface area contributed by atoms with E-state index in [0.29, 0.717) is 17.8 Å². The highest BCUT2D eigenvalue weighted by molar-refractivity contribution is 5.85. The van der Waals surface area contributed by atoms with Crippen molar-refractivity contribution in [3.63, 3.8) is 0 Å². The van der Waals surface area contributed by atoms with E-state index in [9.17, 15) is 29.4 Å². The summed E-state index contributed by atoms with van der Waals surface area (Å²) >= 11 is 0. The lowest BCUT2D eigenvalue weighted by molar-refractivity contribution is -0.301. The van der Waals surface area contributed by atoms with E-state index in [0.717, 1.165) is 5.56 Å². The summed E-state index contributed by atoms with van der Waals surface area (Å²) in [5, 5.41) is 29.5. The highest BCUT2D eigenvalue weighted by Gasteiger charge is 2.58. The molecule has 1 unspecified atom stereocenters. The van der Waals surface area contributed by atoms with Crippen molar-refractivity contribution in [2.24, 2.45) is 23.7 Å². The molecule has 3 fully saturated rings. The largest absolute Gasteiger partial charge is 0.461 e. The fraction of sp³-hybridized carbons (Fsp3) is 0.694. The molecule has 2 aromatic heterocycles. The summed E-state index contributed by atoms with van der Waals surface area (Å²) in [5.74, 6) is -3.94. The van der Waals surface area contributed by atoms with Crippen molar-refractivity contribution in [2.75, 3.05) is 20.6 Å². The lowest BCUT2D eigenvalue weighted by Crippen LogP contribution is -2.61. The summed E-state index contributed by atoms with van der Waals surface area (Å²) in [6, 6.07) is 2.14. The molecule has 0 aliphatic carbocycles. The molecule has 15 atom stereocenters. The molecule has 2 amide bonds. The third-order valence-corrected chi connectivity index (χ3v) is 13.5. The topological polar surface area (TPSA) is 230 Å². The SMILES string of the molecule is CC[C@H]1OC(O)[C@H](C)[C@@H](OC(=O)Cc2cccnc2)[C@H](C)[C@@H](O[C@@H]2O[C@H](C)C[C@H](N(C)C)[C@H]2O)[C@](C)(OC(=O)NC/C=C/c2cnc(C(C)(C)C)nc2)C[C@@H](C)C(=O)[C@H](C)[C@H]2NC(=O)O[C@@]21C. The fourth-order valence-corrected chi connectivity index (χ4v) is 9.83. The number of amides is 2. The van der Waals surface area contributed by atoms with Gasteiger partial charge in [-0.15, -0.1) is 0 Å². The number of fused-ring (bicyclic) bond motifs is 1. The van der Waals surface area contributed by atoms with Gasteiger partial charge in [-0.2, -0.15) is 0 Å². The molecule has 3 aliphatic rings. The molecular formula is C49H74N6O12. The first-order chi connectivity index (χ1) is 31.4. The number of esters is 1. The van der Waals surface area contributed by atoms with E-state index in [-0.39, 0.29) is 43.1 Å². The van der Waals surface area contributed by atoms with E-state index >= 15 is 0 Å². The van der Waals surface area contributed by atoms with Crippen LogP contribution in [-0.4, -0.2) is 141 Å². The van der Waals surface area contributed by atoms with Crippen LogP contribution in [0.3, 0.4) is 0 Å². The Hall–Kier alpha value is -4.59. The van der Waals surface area contributed by atoms with Crippen molar-refractivity contribution in [3.8, 4) is 0 Å². The Morgan fingerprint density at radius 1 is 1.03 bits per heavy atom. The Kier molecular flexibility index (Phi) is 17.7. The van der Waals surface area contributed by atoms with Crippen LogP contribution in [0, 0.1) is 23.7 Å². The molecule has 372 valence electrons. The van der Waals surface area contributed by atoms with Gasteiger partial charge < -0.3 is 54.2 Å². The first-order valence-corrected chi connectivity index (χ1v) is 23.4. The third kappa shape index (κ3) is 12.9. The van der Waals surface area contributed by atoms with Gasteiger partial charge in [0.25, 0.3) is 0 Å². The van der Waals surface area contributed by atoms with E-state index in [2.05, 4.69) is 25.6 Å². The number of alkyl carbamates (subject to hydrolysis) is 2. The number of pyridine rings is 1. The molecule has 0 radical (unpaired) electrons. The van der Waals surface area contributed by atoms with Crippen LogP contribution in [0.1, 0.15) is 112 Å². The predicted octanol–water partition coefficient (Wildman–Crippen LogP) is 5.13. The zero-order chi connectivity index (χ0) is 49.6. The molecule has 0 aromatic carbocycles. The number of likely N-dealkylation sites (N-methyl/N-ethyl adjacent to an activating group) is 1. The van der Waals surface area contributed by atoms with Crippen molar-refractivity contribution in [3.05, 3.63) is 59.9 Å². The molecule has 67 heavy (non-hydrogen) atoms. The monoisotopic (exact) mass is 939 g/mol. The highest BCUT2D eigenvalue weighted by atomic mass is 16.7. The number of hydrogen-bond donors (Lipinski definition) is 4. The lowest BCUT2D eigenvalue weighted by Gasteiger charge is -2.48. The van der Waals surface area contributed by atoms with Crippen LogP contribution in [0.4, 0.5) is 9.59 Å². The molecule has 3 saturated heterocycles. The number of carbonyl (C=O) groups is 4. The number of ketones is 1. The van der Waals surface area contributed by atoms with E-state index in [4.69, 9.17) is 28.4 Å². The molecule has 5 heterocycles. The van der Waals surface area contributed by atoms with Crippen LogP contribution in [0.15, 0.2) is 43.0 Å². The highest BCUT2D eigenvalue weighted by Crippen LogP contribution is 2.42. The van der Waals surface area contributed by atoms with Gasteiger partial charge in [-0.25, -0.2) is 19.6 Å². The summed E-state index contributed by atoms with van der Waals surface area (Å²) in [6.07, 6.45) is 0.907. The summed E-state index contributed by atoms with van der Waals surface area (Å²) in [6.45, 7) is 19.8. The molecule has 0 bridgehead atoms. The van der Waals surface area contributed by atoms with Crippen molar-refractivity contribution >= 4 is 30.0 Å². The summed E-state index contributed by atoms with van der Waals surface area (Å²) < 4.78 is 38.3. The maximum Gasteiger partial charge on any atom is 0.408 e. The smallest absolute Gasteiger partial charge is 0.408 e. The summed E-state index contributed by atoms with van der Waals surface area (Å²) in [5.41, 5.74) is -2.09. The number of hydrogen-bond acceptors (Lipinski definition) is 16. The van der Waals surface area contributed by atoms with Gasteiger partial charge in [0, 0.05) is 72.0 Å². The number of nitrogens with zero attached hydrogens (tertiary/aromatic N) is 4. The van der Waals surface area contributed by atoms with Gasteiger partial charge in [0.2, 0.25) is 0 Å². The van der Waals surface area contributed by atoms with E-state index < -0.39 is 102 Å². The quantitative estimate of drug-likeness (QED) is 0.169. The number of ether oxygens (including phenoxy) is 6. The van der Waals surface area contributed by atoms with Gasteiger partial charge in [0.05, 0.1) is 18.6 Å². The number of rotatable bonds is 11. The zero-order valence-corrected chi connectivity index (χ0v) is 41.4. The standard InChI is InChI=1S/C49H74N6O12/c1-14-35-49(11)40(54-46(61)67-49)29(4)37(57)27(2)23-48(10,66-45(60)51-20-16-18-33-25-52-44(53-26-33)47(7,8)9)41(65-43-38(58)34(55(12)13)21-28(3)62-43)30(5)39(31(6)42(59)63-35)64-36(56)22-32-17-15-19-50-24-32/h15-19,24-31,34-35,38-43,58-59H,14,20-23H2,1-13H3,(H,51,60)(H,54,61)/b18-16+/t27-,28-,29+,30+,31-,34+,35-,38-,39+,40-,41-,42?,43+,48-,49-/m1/s1. The van der Waals surface area contributed by atoms with Crippen LogP contribution in [0.5, 0.6) is 0 Å². The minimum atomic E-state index is -1.75. The predicted molar refractivity (Wildman–Crippen MR) is 247 cm³/mol. The van der Waals surface area contributed by atoms with Crippen LogP contribution < -0.4 is 10.6 Å². The second-order valence-corrected chi connectivity index (χ2v) is 20.3. The van der Waals surface area contributed by atoms with Gasteiger partial charge >= 0.3 is 18.2 Å². The van der Waals surface area contributed by atoms with Gasteiger partial charge in [-0.1, -0.05) is 73.6 Å². The minimum Gasteiger partial charge on any atom is -0.461 e. The number of carbonyl (C=O) groups excluding carboxylic acids is 4. The normalized spacial score (nSPS) is 35.6. The lowest BCUT2D eigenvalue weighted by atomic mass is 9.73. The molecule has 18 heteroatoms. The van der Waals surface area contributed by atoms with Crippen molar-refractivity contribution in [2.45, 2.75) is 174 Å². The van der Waals surface area contributed by atoms with Crippen LogP contribution in [-0.2, 0) is 49.8 Å². The van der Waals surface area contributed by atoms with Crippen molar-refractivity contribution < 1.29 is 57.8 Å². The molecular weight excluding hydrogens is 865 g/mol. The summed E-state index contributed by atoms with van der Waals surface area (Å²) in [7, 11) is 3.68. The first-order valence-electron chi connectivity index (χ1n) is 23.4. The van der Waals surface area contributed by atoms with Crippen LogP contribution in [0.2, 0.25) is 0 Å². The van der Waals surface area contributed by atoms with E-state index in [1.165, 1.54) is 0 Å². The molecule has 3 aliphatic heterocycles. The Morgan fingerprint density at radius 3 is 2.33 bits per heavy atom. The minimum absolute atomic E-state index is 0.0305. The van der Waals surface area contributed by atoms with Crippen molar-refractivity contribution in [1.29, 1.82) is 0 Å². The Bertz CT molecular complexity index is 2020. The average Bonchev–Trinajstić information content (AvgIpc) is 3.58. The van der Waals surface area contributed by atoms with Gasteiger partial charge in [0.1, 0.15) is 41.6 Å². The third-order valence-electron chi connectivity index (χ3n) is 13.5. The average molecular weight is 939 g/mol. The Labute approximate surface area is 395 Å². The van der Waals surface area contributed by atoms with Crippen LogP contribution in [0.25, 0.3) is 6.08 Å². The number of Topliss-reactive ketones (excluding diaryl/α,β-unsaturated/α-hetero) is 1. The van der Waals surface area contributed by atoms with Gasteiger partial charge in [-0.3, -0.25) is 14.6 Å². The van der Waals surface area contributed by atoms with Crippen molar-refractivity contribution in [1.82, 2.24) is 30.5 Å². The molecule has 4 N–H and O–H groups in total. The number of nitrogens with one attached hydrogen (secondary N) is 2. The maximum absolute atomic E-state index is 14.7. The number of aromatic nitrogens is 3. The molecule has 0 spiro atoms. The van der Waals surface area contributed by atoms with Gasteiger partial charge in [0.15, 0.2) is 18.2 Å².